The predicted octanol–water partition coefficient (Wildman–Crippen LogP) is 4.11. The number of H-pyrrole nitrogens is 1. The van der Waals surface area contributed by atoms with Gasteiger partial charge in [0, 0.05) is 29.1 Å². The molecule has 0 fully saturated rings. The summed E-state index contributed by atoms with van der Waals surface area (Å²) in [6.07, 6.45) is 3.16. The molecule has 0 spiro atoms. The Morgan fingerprint density at radius 1 is 1.07 bits per heavy atom. The third-order valence-electron chi connectivity index (χ3n) is 4.97. The van der Waals surface area contributed by atoms with Crippen LogP contribution in [0.1, 0.15) is 36.2 Å². The van der Waals surface area contributed by atoms with Gasteiger partial charge in [-0.25, -0.2) is 4.79 Å². The number of fused-ring (bicyclic) bond motifs is 1. The van der Waals surface area contributed by atoms with Gasteiger partial charge in [-0.2, -0.15) is 0 Å². The van der Waals surface area contributed by atoms with E-state index in [-0.39, 0.29) is 5.91 Å². The number of nitrogens with one attached hydrogen (secondary N) is 2. The van der Waals surface area contributed by atoms with Gasteiger partial charge in [0.2, 0.25) is 0 Å². The maximum atomic E-state index is 12.7. The minimum Gasteiger partial charge on any atom is -0.494 e. The van der Waals surface area contributed by atoms with Gasteiger partial charge >= 0.3 is 5.97 Å². The van der Waals surface area contributed by atoms with Gasteiger partial charge in [-0.3, -0.25) is 4.79 Å². The van der Waals surface area contributed by atoms with Crippen molar-refractivity contribution in [2.24, 2.45) is 5.92 Å². The summed E-state index contributed by atoms with van der Waals surface area (Å²) in [7, 11) is 1.32. The molecule has 1 amide bonds. The van der Waals surface area contributed by atoms with Gasteiger partial charge < -0.3 is 19.8 Å². The van der Waals surface area contributed by atoms with E-state index >= 15 is 0 Å². The molecule has 6 heteroatoms. The van der Waals surface area contributed by atoms with Crippen LogP contribution in [0, 0.1) is 5.92 Å². The first-order valence-corrected chi connectivity index (χ1v) is 10.1. The molecule has 0 aliphatic carbocycles. The summed E-state index contributed by atoms with van der Waals surface area (Å²) in [4.78, 5) is 28.2. The molecule has 1 heterocycles. The van der Waals surface area contributed by atoms with Crippen LogP contribution in [0.25, 0.3) is 10.9 Å². The Kier molecular flexibility index (Phi) is 7.12. The van der Waals surface area contributed by atoms with Crippen molar-refractivity contribution in [3.8, 4) is 5.75 Å². The van der Waals surface area contributed by atoms with Crippen LogP contribution in [0.3, 0.4) is 0 Å². The zero-order valence-corrected chi connectivity index (χ0v) is 17.6. The van der Waals surface area contributed by atoms with E-state index in [1.807, 2.05) is 30.5 Å². The SMILES string of the molecule is COC(=O)C(Cc1c[nH]c2ccccc12)NC(=O)c1ccc(OCCC(C)C)cc1. The van der Waals surface area contributed by atoms with Crippen molar-refractivity contribution in [3.63, 3.8) is 0 Å². The fourth-order valence-corrected chi connectivity index (χ4v) is 3.21. The number of aromatic nitrogens is 1. The molecule has 0 saturated carbocycles. The fraction of sp³-hybridized carbons (Fsp3) is 0.333. The summed E-state index contributed by atoms with van der Waals surface area (Å²) in [5.41, 5.74) is 2.38. The third kappa shape index (κ3) is 5.41. The normalized spacial score (nSPS) is 12.0. The molecular formula is C24H28N2O4. The predicted molar refractivity (Wildman–Crippen MR) is 117 cm³/mol. The Balaban J connectivity index is 1.67. The molecule has 30 heavy (non-hydrogen) atoms. The van der Waals surface area contributed by atoms with Crippen LogP contribution in [-0.4, -0.2) is 36.6 Å². The van der Waals surface area contributed by atoms with E-state index in [1.165, 1.54) is 7.11 Å². The van der Waals surface area contributed by atoms with Gasteiger partial charge in [0.1, 0.15) is 11.8 Å². The van der Waals surface area contributed by atoms with Gasteiger partial charge in [-0.1, -0.05) is 32.0 Å². The van der Waals surface area contributed by atoms with E-state index < -0.39 is 12.0 Å². The first-order valence-electron chi connectivity index (χ1n) is 10.1. The number of hydrogen-bond donors (Lipinski definition) is 2. The van der Waals surface area contributed by atoms with Crippen molar-refractivity contribution in [2.45, 2.75) is 32.7 Å². The smallest absolute Gasteiger partial charge is 0.328 e. The first-order chi connectivity index (χ1) is 14.5. The monoisotopic (exact) mass is 408 g/mol. The van der Waals surface area contributed by atoms with E-state index in [2.05, 4.69) is 24.1 Å². The van der Waals surface area contributed by atoms with E-state index in [1.54, 1.807) is 24.3 Å². The fourth-order valence-electron chi connectivity index (χ4n) is 3.21. The third-order valence-corrected chi connectivity index (χ3v) is 4.97. The minimum atomic E-state index is -0.788. The molecule has 3 aromatic rings. The molecule has 2 aromatic carbocycles. The van der Waals surface area contributed by atoms with E-state index in [9.17, 15) is 9.59 Å². The summed E-state index contributed by atoms with van der Waals surface area (Å²) < 4.78 is 10.6. The Hall–Kier alpha value is -3.28. The number of para-hydroxylation sites is 1. The Bertz CT molecular complexity index is 992. The Morgan fingerprint density at radius 2 is 1.80 bits per heavy atom. The average molecular weight is 408 g/mol. The van der Waals surface area contributed by atoms with Crippen molar-refractivity contribution in [1.29, 1.82) is 0 Å². The molecular weight excluding hydrogens is 380 g/mol. The van der Waals surface area contributed by atoms with Crippen LogP contribution in [0.4, 0.5) is 0 Å². The van der Waals surface area contributed by atoms with Gasteiger partial charge in [-0.05, 0) is 48.2 Å². The molecule has 1 atom stereocenters. The number of hydrogen-bond acceptors (Lipinski definition) is 4. The quantitative estimate of drug-likeness (QED) is 0.522. The summed E-state index contributed by atoms with van der Waals surface area (Å²) in [6, 6.07) is 14.0. The van der Waals surface area contributed by atoms with Crippen molar-refractivity contribution in [2.75, 3.05) is 13.7 Å². The lowest BCUT2D eigenvalue weighted by molar-refractivity contribution is -0.142. The Morgan fingerprint density at radius 3 is 2.50 bits per heavy atom. The maximum Gasteiger partial charge on any atom is 0.328 e. The standard InChI is InChI=1S/C24H28N2O4/c1-16(2)12-13-30-19-10-8-17(9-11-19)23(27)26-22(24(28)29-3)14-18-15-25-21-7-5-4-6-20(18)21/h4-11,15-16,22,25H,12-14H2,1-3H3,(H,26,27). The maximum absolute atomic E-state index is 12.7. The van der Waals surface area contributed by atoms with Crippen molar-refractivity contribution >= 4 is 22.8 Å². The zero-order chi connectivity index (χ0) is 21.5. The highest BCUT2D eigenvalue weighted by molar-refractivity contribution is 5.97. The number of carbonyl (C=O) groups is 2. The summed E-state index contributed by atoms with van der Waals surface area (Å²) in [6.45, 7) is 4.92. The number of aromatic amines is 1. The van der Waals surface area contributed by atoms with Crippen LogP contribution in [0.15, 0.2) is 54.7 Å². The van der Waals surface area contributed by atoms with Crippen molar-refractivity contribution in [1.82, 2.24) is 10.3 Å². The molecule has 158 valence electrons. The molecule has 3 rings (SSSR count). The van der Waals surface area contributed by atoms with E-state index in [4.69, 9.17) is 9.47 Å². The number of methoxy groups -OCH3 is 1. The number of amides is 1. The van der Waals surface area contributed by atoms with Gasteiger partial charge in [-0.15, -0.1) is 0 Å². The van der Waals surface area contributed by atoms with Gasteiger partial charge in [0.25, 0.3) is 5.91 Å². The number of ether oxygens (including phenoxy) is 2. The van der Waals surface area contributed by atoms with E-state index in [0.29, 0.717) is 24.5 Å². The molecule has 0 bridgehead atoms. The number of carbonyl (C=O) groups excluding carboxylic acids is 2. The lowest BCUT2D eigenvalue weighted by atomic mass is 10.0. The highest BCUT2D eigenvalue weighted by atomic mass is 16.5. The largest absolute Gasteiger partial charge is 0.494 e. The molecule has 6 nitrogen and oxygen atoms in total. The molecule has 0 aliphatic rings. The summed E-state index contributed by atoms with van der Waals surface area (Å²) in [5, 5.41) is 3.81. The van der Waals surface area contributed by atoms with Crippen LogP contribution in [0.2, 0.25) is 0 Å². The number of esters is 1. The van der Waals surface area contributed by atoms with E-state index in [0.717, 1.165) is 28.6 Å². The molecule has 0 aliphatic heterocycles. The van der Waals surface area contributed by atoms with Gasteiger partial charge in [0.15, 0.2) is 0 Å². The highest BCUT2D eigenvalue weighted by Crippen LogP contribution is 2.20. The summed E-state index contributed by atoms with van der Waals surface area (Å²) in [5.74, 6) is 0.471. The second kappa shape index (κ2) is 9.96. The second-order valence-corrected chi connectivity index (χ2v) is 7.67. The topological polar surface area (TPSA) is 80.4 Å². The molecule has 0 saturated heterocycles. The summed E-state index contributed by atoms with van der Waals surface area (Å²) >= 11 is 0. The van der Waals surface area contributed by atoms with Crippen molar-refractivity contribution < 1.29 is 19.1 Å². The van der Waals surface area contributed by atoms with Crippen LogP contribution < -0.4 is 10.1 Å². The molecule has 1 unspecified atom stereocenters. The minimum absolute atomic E-state index is 0.332. The van der Waals surface area contributed by atoms with Crippen LogP contribution in [-0.2, 0) is 16.0 Å². The van der Waals surface area contributed by atoms with Crippen LogP contribution >= 0.6 is 0 Å². The highest BCUT2D eigenvalue weighted by Gasteiger charge is 2.24. The molecule has 0 radical (unpaired) electrons. The van der Waals surface area contributed by atoms with Gasteiger partial charge in [0.05, 0.1) is 13.7 Å². The Labute approximate surface area is 176 Å². The molecule has 2 N–H and O–H groups in total. The lowest BCUT2D eigenvalue weighted by Gasteiger charge is -2.16. The van der Waals surface area contributed by atoms with Crippen LogP contribution in [0.5, 0.6) is 5.75 Å². The number of benzene rings is 2. The average Bonchev–Trinajstić information content (AvgIpc) is 3.16. The number of rotatable bonds is 9. The van der Waals surface area contributed by atoms with Crippen molar-refractivity contribution in [3.05, 3.63) is 65.9 Å². The molecule has 1 aromatic heterocycles. The zero-order valence-electron chi connectivity index (χ0n) is 17.6. The second-order valence-electron chi connectivity index (χ2n) is 7.67. The lowest BCUT2D eigenvalue weighted by Crippen LogP contribution is -2.43. The first kappa shape index (κ1) is 21.4.